The second kappa shape index (κ2) is 4.44. The molecule has 0 aliphatic heterocycles. The van der Waals surface area contributed by atoms with Gasteiger partial charge < -0.3 is 14.4 Å². The van der Waals surface area contributed by atoms with Crippen molar-refractivity contribution in [3.8, 4) is 0 Å². The fraction of sp³-hybridized carbons (Fsp3) is 0.500. The van der Waals surface area contributed by atoms with E-state index >= 15 is 0 Å². The molecule has 1 unspecified atom stereocenters. The largest absolute Gasteiger partial charge is 0.340 e. The van der Waals surface area contributed by atoms with Crippen LogP contribution >= 0.6 is 0 Å². The molecule has 2 aromatic heterocycles. The number of nitrogens with one attached hydrogen (secondary N) is 1. The molecule has 6 heteroatoms. The summed E-state index contributed by atoms with van der Waals surface area (Å²) < 4.78 is 6.87. The van der Waals surface area contributed by atoms with Crippen molar-refractivity contribution >= 4 is 0 Å². The van der Waals surface area contributed by atoms with Gasteiger partial charge in [0.25, 0.3) is 0 Å². The Morgan fingerprint density at radius 1 is 1.56 bits per heavy atom. The van der Waals surface area contributed by atoms with Crippen LogP contribution in [0.1, 0.15) is 30.5 Å². The molecule has 2 rings (SSSR count). The highest BCUT2D eigenvalue weighted by Gasteiger charge is 2.10. The third-order valence-electron chi connectivity index (χ3n) is 2.38. The Kier molecular flexibility index (Phi) is 3.00. The van der Waals surface area contributed by atoms with Crippen molar-refractivity contribution in [2.75, 3.05) is 0 Å². The molecule has 0 saturated heterocycles. The molecule has 6 nitrogen and oxygen atoms in total. The maximum absolute atomic E-state index is 4.89. The predicted molar refractivity (Wildman–Crippen MR) is 57.5 cm³/mol. The average Bonchev–Trinajstić information content (AvgIpc) is 2.84. The minimum Gasteiger partial charge on any atom is -0.340 e. The molecule has 1 atom stereocenters. The van der Waals surface area contributed by atoms with Crippen LogP contribution in [-0.2, 0) is 13.6 Å². The zero-order valence-electron chi connectivity index (χ0n) is 9.64. The lowest BCUT2D eigenvalue weighted by Gasteiger charge is -2.11. The van der Waals surface area contributed by atoms with Crippen LogP contribution in [0.5, 0.6) is 0 Å². The smallest absolute Gasteiger partial charge is 0.223 e. The second-order valence-corrected chi connectivity index (χ2v) is 3.73. The Hall–Kier alpha value is -1.69. The molecule has 1 N–H and O–H groups in total. The standard InChI is InChI=1S/C10H15N5O/c1-7(10-11-4-5-15(10)3)12-6-9-13-8(2)16-14-9/h4-5,7,12H,6H2,1-3H3. The van der Waals surface area contributed by atoms with Crippen molar-refractivity contribution < 1.29 is 4.52 Å². The van der Waals surface area contributed by atoms with Gasteiger partial charge in [-0.25, -0.2) is 4.98 Å². The number of aryl methyl sites for hydroxylation is 2. The molecular weight excluding hydrogens is 206 g/mol. The van der Waals surface area contributed by atoms with E-state index in [4.69, 9.17) is 4.52 Å². The van der Waals surface area contributed by atoms with Crippen molar-refractivity contribution in [2.45, 2.75) is 26.4 Å². The van der Waals surface area contributed by atoms with Crippen molar-refractivity contribution in [1.82, 2.24) is 25.0 Å². The van der Waals surface area contributed by atoms with Gasteiger partial charge in [0.1, 0.15) is 5.82 Å². The van der Waals surface area contributed by atoms with Gasteiger partial charge in [0.15, 0.2) is 5.82 Å². The summed E-state index contributed by atoms with van der Waals surface area (Å²) in [5.74, 6) is 2.24. The van der Waals surface area contributed by atoms with Gasteiger partial charge in [-0.3, -0.25) is 0 Å². The minimum absolute atomic E-state index is 0.152. The molecule has 0 aliphatic carbocycles. The lowest BCUT2D eigenvalue weighted by molar-refractivity contribution is 0.383. The fourth-order valence-corrected chi connectivity index (χ4v) is 1.54. The summed E-state index contributed by atoms with van der Waals surface area (Å²) >= 11 is 0. The number of rotatable bonds is 4. The van der Waals surface area contributed by atoms with Gasteiger partial charge in [0.05, 0.1) is 12.6 Å². The van der Waals surface area contributed by atoms with Gasteiger partial charge in [-0.15, -0.1) is 0 Å². The van der Waals surface area contributed by atoms with Gasteiger partial charge in [0, 0.05) is 26.4 Å². The minimum atomic E-state index is 0.152. The predicted octanol–water partition coefficient (Wildman–Crippen LogP) is 0.962. The van der Waals surface area contributed by atoms with Gasteiger partial charge in [-0.05, 0) is 6.92 Å². The summed E-state index contributed by atoms with van der Waals surface area (Å²) in [7, 11) is 1.97. The lowest BCUT2D eigenvalue weighted by Crippen LogP contribution is -2.21. The second-order valence-electron chi connectivity index (χ2n) is 3.73. The molecule has 2 aromatic rings. The lowest BCUT2D eigenvalue weighted by atomic mass is 10.3. The van der Waals surface area contributed by atoms with Crippen molar-refractivity contribution in [3.63, 3.8) is 0 Å². The van der Waals surface area contributed by atoms with Crippen molar-refractivity contribution in [3.05, 3.63) is 29.9 Å². The zero-order valence-corrected chi connectivity index (χ0v) is 9.64. The van der Waals surface area contributed by atoms with E-state index in [-0.39, 0.29) is 6.04 Å². The highest BCUT2D eigenvalue weighted by Crippen LogP contribution is 2.08. The highest BCUT2D eigenvalue weighted by atomic mass is 16.5. The van der Waals surface area contributed by atoms with Crippen LogP contribution in [0.3, 0.4) is 0 Å². The first kappa shape index (κ1) is 10.8. The fourth-order valence-electron chi connectivity index (χ4n) is 1.54. The zero-order chi connectivity index (χ0) is 11.5. The van der Waals surface area contributed by atoms with Crippen LogP contribution in [0.4, 0.5) is 0 Å². The molecule has 2 heterocycles. The van der Waals surface area contributed by atoms with Gasteiger partial charge in [-0.2, -0.15) is 4.98 Å². The van der Waals surface area contributed by atoms with Gasteiger partial charge in [-0.1, -0.05) is 5.16 Å². The summed E-state index contributed by atoms with van der Waals surface area (Å²) in [5, 5.41) is 7.10. The number of nitrogens with zero attached hydrogens (tertiary/aromatic N) is 4. The quantitative estimate of drug-likeness (QED) is 0.832. The van der Waals surface area contributed by atoms with Crippen LogP contribution in [0.25, 0.3) is 0 Å². The molecule has 0 aliphatic rings. The molecule has 16 heavy (non-hydrogen) atoms. The molecule has 0 fully saturated rings. The summed E-state index contributed by atoms with van der Waals surface area (Å²) in [6.07, 6.45) is 3.71. The van der Waals surface area contributed by atoms with E-state index in [1.807, 2.05) is 17.8 Å². The summed E-state index contributed by atoms with van der Waals surface area (Å²) in [6.45, 7) is 4.40. The Morgan fingerprint density at radius 3 is 2.94 bits per heavy atom. The Bertz CT molecular complexity index is 461. The van der Waals surface area contributed by atoms with E-state index in [2.05, 4.69) is 27.4 Å². The van der Waals surface area contributed by atoms with Crippen LogP contribution in [0.15, 0.2) is 16.9 Å². The SMILES string of the molecule is Cc1nc(CNC(C)c2nccn2C)no1. The van der Waals surface area contributed by atoms with E-state index in [1.165, 1.54) is 0 Å². The first-order chi connectivity index (χ1) is 7.66. The van der Waals surface area contributed by atoms with Crippen molar-refractivity contribution in [2.24, 2.45) is 7.05 Å². The summed E-state index contributed by atoms with van der Waals surface area (Å²) in [6, 6.07) is 0.152. The highest BCUT2D eigenvalue weighted by molar-refractivity contribution is 4.97. The Balaban J connectivity index is 1.93. The van der Waals surface area contributed by atoms with Crippen molar-refractivity contribution in [1.29, 1.82) is 0 Å². The van der Waals surface area contributed by atoms with Crippen LogP contribution in [0.2, 0.25) is 0 Å². The molecule has 0 saturated carbocycles. The van der Waals surface area contributed by atoms with Crippen LogP contribution in [0, 0.1) is 6.92 Å². The van der Waals surface area contributed by atoms with E-state index in [0.29, 0.717) is 18.3 Å². The molecule has 86 valence electrons. The van der Waals surface area contributed by atoms with E-state index < -0.39 is 0 Å². The Morgan fingerprint density at radius 2 is 2.38 bits per heavy atom. The Labute approximate surface area is 93.7 Å². The number of hydrogen-bond donors (Lipinski definition) is 1. The maximum Gasteiger partial charge on any atom is 0.223 e. The molecule has 0 radical (unpaired) electrons. The van der Waals surface area contributed by atoms with Gasteiger partial charge >= 0.3 is 0 Å². The summed E-state index contributed by atoms with van der Waals surface area (Å²) in [4.78, 5) is 8.39. The topological polar surface area (TPSA) is 68.8 Å². The van der Waals surface area contributed by atoms with E-state index in [0.717, 1.165) is 5.82 Å². The first-order valence-corrected chi connectivity index (χ1v) is 5.16. The average molecular weight is 221 g/mol. The van der Waals surface area contributed by atoms with Crippen LogP contribution in [-0.4, -0.2) is 19.7 Å². The summed E-state index contributed by atoms with van der Waals surface area (Å²) in [5.41, 5.74) is 0. The van der Waals surface area contributed by atoms with Gasteiger partial charge in [0.2, 0.25) is 5.89 Å². The third kappa shape index (κ3) is 2.27. The van der Waals surface area contributed by atoms with E-state index in [9.17, 15) is 0 Å². The van der Waals surface area contributed by atoms with E-state index in [1.54, 1.807) is 13.1 Å². The maximum atomic E-state index is 4.89. The third-order valence-corrected chi connectivity index (χ3v) is 2.38. The monoisotopic (exact) mass is 221 g/mol. The molecule has 0 amide bonds. The number of aromatic nitrogens is 4. The molecule has 0 aromatic carbocycles. The normalized spacial score (nSPS) is 12.9. The van der Waals surface area contributed by atoms with Crippen LogP contribution < -0.4 is 5.32 Å². The number of hydrogen-bond acceptors (Lipinski definition) is 5. The molecule has 0 bridgehead atoms. The molecule has 0 spiro atoms. The number of imidazole rings is 1. The first-order valence-electron chi connectivity index (χ1n) is 5.16. The molecular formula is C10H15N5O.